The third kappa shape index (κ3) is 11.4. The number of hydrogen-bond acceptors (Lipinski definition) is 3. The van der Waals surface area contributed by atoms with Crippen molar-refractivity contribution in [2.75, 3.05) is 13.2 Å². The second kappa shape index (κ2) is 16.2. The maximum absolute atomic E-state index is 10.2. The Balaban J connectivity index is 1.89. The maximum Gasteiger partial charge on any atom is 0.192 e. The molecule has 0 aromatic heterocycles. The third-order valence-corrected chi connectivity index (χ3v) is 10.6. The van der Waals surface area contributed by atoms with Gasteiger partial charge in [0.15, 0.2) is 8.32 Å². The zero-order valence-electron chi connectivity index (χ0n) is 18.6. The zero-order chi connectivity index (χ0) is 20.5. The van der Waals surface area contributed by atoms with Crippen molar-refractivity contribution in [2.24, 2.45) is 0 Å². The number of benzene rings is 1. The van der Waals surface area contributed by atoms with Crippen molar-refractivity contribution in [2.45, 2.75) is 103 Å². The molecule has 0 spiro atoms. The number of rotatable bonds is 18. The van der Waals surface area contributed by atoms with Gasteiger partial charge >= 0.3 is 0 Å². The number of aliphatic hydroxyl groups excluding tert-OH is 1. The first kappa shape index (κ1) is 25.4. The van der Waals surface area contributed by atoms with E-state index in [4.69, 9.17) is 9.16 Å². The van der Waals surface area contributed by atoms with Crippen LogP contribution in [0.3, 0.4) is 0 Å². The Morgan fingerprint density at radius 1 is 0.821 bits per heavy atom. The quantitative estimate of drug-likeness (QED) is 0.217. The van der Waals surface area contributed by atoms with Gasteiger partial charge in [0.1, 0.15) is 0 Å². The summed E-state index contributed by atoms with van der Waals surface area (Å²) in [5.41, 5.74) is 1.25. The summed E-state index contributed by atoms with van der Waals surface area (Å²) in [6, 6.07) is 13.8. The van der Waals surface area contributed by atoms with Crippen LogP contribution in [0.1, 0.15) is 77.7 Å². The summed E-state index contributed by atoms with van der Waals surface area (Å²) in [5.74, 6) is 0. The van der Waals surface area contributed by atoms with Crippen molar-refractivity contribution in [1.82, 2.24) is 0 Å². The molecule has 28 heavy (non-hydrogen) atoms. The van der Waals surface area contributed by atoms with E-state index in [-0.39, 0.29) is 6.10 Å². The zero-order valence-corrected chi connectivity index (χ0v) is 19.6. The van der Waals surface area contributed by atoms with E-state index in [2.05, 4.69) is 45.0 Å². The number of ether oxygens (including phenoxy) is 1. The van der Waals surface area contributed by atoms with Crippen molar-refractivity contribution in [1.29, 1.82) is 0 Å². The van der Waals surface area contributed by atoms with Crippen LogP contribution >= 0.6 is 0 Å². The van der Waals surface area contributed by atoms with Crippen molar-refractivity contribution in [3.05, 3.63) is 35.9 Å². The second-order valence-corrected chi connectivity index (χ2v) is 12.8. The van der Waals surface area contributed by atoms with E-state index in [1.165, 1.54) is 37.7 Å². The predicted molar refractivity (Wildman–Crippen MR) is 122 cm³/mol. The fraction of sp³-hybridized carbons (Fsp3) is 0.750. The highest BCUT2D eigenvalue weighted by Gasteiger charge is 2.29. The molecule has 0 radical (unpaired) electrons. The molecule has 0 aliphatic rings. The summed E-state index contributed by atoms with van der Waals surface area (Å²) < 4.78 is 11.9. The first-order valence-corrected chi connectivity index (χ1v) is 14.1. The highest BCUT2D eigenvalue weighted by atomic mass is 28.4. The van der Waals surface area contributed by atoms with Crippen LogP contribution in [0.4, 0.5) is 0 Å². The van der Waals surface area contributed by atoms with E-state index in [1.54, 1.807) is 0 Å². The first-order chi connectivity index (χ1) is 13.7. The average Bonchev–Trinajstić information content (AvgIpc) is 2.74. The van der Waals surface area contributed by atoms with E-state index in [0.29, 0.717) is 6.61 Å². The molecule has 0 heterocycles. The molecule has 1 aromatic carbocycles. The Labute approximate surface area is 175 Å². The molecule has 4 heteroatoms. The van der Waals surface area contributed by atoms with Gasteiger partial charge in [-0.15, -0.1) is 0 Å². The van der Waals surface area contributed by atoms with Crippen molar-refractivity contribution < 1.29 is 14.3 Å². The minimum absolute atomic E-state index is 0.279. The number of aliphatic hydroxyl groups is 1. The number of hydrogen-bond donors (Lipinski definition) is 1. The maximum atomic E-state index is 10.2. The van der Waals surface area contributed by atoms with Gasteiger partial charge in [-0.3, -0.25) is 0 Å². The lowest BCUT2D eigenvalue weighted by atomic mass is 10.1. The van der Waals surface area contributed by atoms with E-state index in [0.717, 1.165) is 50.6 Å². The van der Waals surface area contributed by atoms with Crippen LogP contribution in [0.15, 0.2) is 30.3 Å². The van der Waals surface area contributed by atoms with Crippen LogP contribution in [-0.2, 0) is 15.8 Å². The molecule has 162 valence electrons. The molecule has 1 rings (SSSR count). The smallest absolute Gasteiger partial charge is 0.192 e. The van der Waals surface area contributed by atoms with Gasteiger partial charge in [-0.05, 0) is 36.5 Å². The lowest BCUT2D eigenvalue weighted by molar-refractivity contribution is 0.0920. The largest absolute Gasteiger partial charge is 0.414 e. The Hall–Kier alpha value is -0.683. The van der Waals surface area contributed by atoms with Crippen molar-refractivity contribution in [3.8, 4) is 0 Å². The molecular weight excluding hydrogens is 364 g/mol. The van der Waals surface area contributed by atoms with Crippen LogP contribution in [0.5, 0.6) is 0 Å². The standard InChI is InChI=1S/C24H44O3Si/c1-4-28(5-2,6-3)27-22-24(25)19-15-10-8-7-9-11-16-20-26-21-23-17-13-12-14-18-23/h12-14,17-18,24-25H,4-11,15-16,19-22H2,1-3H3. The minimum atomic E-state index is -1.55. The molecule has 0 saturated heterocycles. The van der Waals surface area contributed by atoms with E-state index >= 15 is 0 Å². The van der Waals surface area contributed by atoms with Crippen LogP contribution in [0.25, 0.3) is 0 Å². The van der Waals surface area contributed by atoms with Crippen molar-refractivity contribution >= 4 is 8.32 Å². The van der Waals surface area contributed by atoms with Gasteiger partial charge in [0.25, 0.3) is 0 Å². The van der Waals surface area contributed by atoms with Crippen molar-refractivity contribution in [3.63, 3.8) is 0 Å². The van der Waals surface area contributed by atoms with Gasteiger partial charge in [0, 0.05) is 6.61 Å². The molecule has 0 amide bonds. The summed E-state index contributed by atoms with van der Waals surface area (Å²) in [7, 11) is -1.55. The summed E-state index contributed by atoms with van der Waals surface area (Å²) in [4.78, 5) is 0. The predicted octanol–water partition coefficient (Wildman–Crippen LogP) is 6.71. The van der Waals surface area contributed by atoms with Gasteiger partial charge in [-0.2, -0.15) is 0 Å². The molecule has 0 aliphatic carbocycles. The van der Waals surface area contributed by atoms with Crippen LogP contribution < -0.4 is 0 Å². The molecule has 1 unspecified atom stereocenters. The van der Waals surface area contributed by atoms with E-state index < -0.39 is 8.32 Å². The molecule has 1 N–H and O–H groups in total. The fourth-order valence-corrected chi connectivity index (χ4v) is 6.30. The third-order valence-electron chi connectivity index (χ3n) is 5.95. The minimum Gasteiger partial charge on any atom is -0.414 e. The average molecular weight is 409 g/mol. The Bertz CT molecular complexity index is 454. The fourth-order valence-electron chi connectivity index (χ4n) is 3.64. The summed E-state index contributed by atoms with van der Waals surface area (Å²) in [6.07, 6.45) is 9.21. The highest BCUT2D eigenvalue weighted by Crippen LogP contribution is 2.22. The summed E-state index contributed by atoms with van der Waals surface area (Å²) in [6.45, 7) is 8.85. The monoisotopic (exact) mass is 408 g/mol. The Kier molecular flexibility index (Phi) is 14.6. The molecule has 0 saturated carbocycles. The van der Waals surface area contributed by atoms with Gasteiger partial charge in [-0.25, -0.2) is 0 Å². The number of unbranched alkanes of at least 4 members (excludes halogenated alkanes) is 6. The SMILES string of the molecule is CC[Si](CC)(CC)OCC(O)CCCCCCCCCOCc1ccccc1. The Morgan fingerprint density at radius 3 is 2.00 bits per heavy atom. The lowest BCUT2D eigenvalue weighted by Gasteiger charge is -2.29. The molecule has 0 aliphatic heterocycles. The highest BCUT2D eigenvalue weighted by molar-refractivity contribution is 6.73. The first-order valence-electron chi connectivity index (χ1n) is 11.6. The lowest BCUT2D eigenvalue weighted by Crippen LogP contribution is -2.38. The Morgan fingerprint density at radius 2 is 1.39 bits per heavy atom. The second-order valence-electron chi connectivity index (χ2n) is 8.01. The molecule has 0 fully saturated rings. The van der Waals surface area contributed by atoms with Gasteiger partial charge in [-0.1, -0.05) is 89.6 Å². The molecule has 1 aromatic rings. The molecule has 0 bridgehead atoms. The van der Waals surface area contributed by atoms with Gasteiger partial charge in [0.2, 0.25) is 0 Å². The molecule has 3 nitrogen and oxygen atoms in total. The summed E-state index contributed by atoms with van der Waals surface area (Å²) in [5, 5.41) is 10.2. The van der Waals surface area contributed by atoms with Crippen LogP contribution in [0.2, 0.25) is 18.1 Å². The summed E-state index contributed by atoms with van der Waals surface area (Å²) >= 11 is 0. The topological polar surface area (TPSA) is 38.7 Å². The van der Waals surface area contributed by atoms with Crippen LogP contribution in [0, 0.1) is 0 Å². The van der Waals surface area contributed by atoms with E-state index in [1.807, 2.05) is 6.07 Å². The molecule has 1 atom stereocenters. The molecular formula is C24H44O3Si. The normalized spacial score (nSPS) is 13.0. The van der Waals surface area contributed by atoms with E-state index in [9.17, 15) is 5.11 Å². The van der Waals surface area contributed by atoms with Gasteiger partial charge in [0.05, 0.1) is 19.3 Å². The van der Waals surface area contributed by atoms with Crippen LogP contribution in [-0.4, -0.2) is 32.7 Å². The van der Waals surface area contributed by atoms with Gasteiger partial charge < -0.3 is 14.3 Å².